The monoisotopic (exact) mass is 272 g/mol. The number of anilines is 1. The van der Waals surface area contributed by atoms with Crippen LogP contribution in [0.1, 0.15) is 6.42 Å². The van der Waals surface area contributed by atoms with Gasteiger partial charge >= 0.3 is 6.03 Å². The van der Waals surface area contributed by atoms with Crippen molar-refractivity contribution in [1.82, 2.24) is 5.32 Å². The van der Waals surface area contributed by atoms with Gasteiger partial charge in [-0.3, -0.25) is 0 Å². The summed E-state index contributed by atoms with van der Waals surface area (Å²) in [4.78, 5) is 11.5. The molecule has 18 heavy (non-hydrogen) atoms. The number of aliphatic hydroxyl groups excluding tert-OH is 1. The molecule has 1 atom stereocenters. The van der Waals surface area contributed by atoms with E-state index >= 15 is 0 Å². The minimum Gasteiger partial charge on any atom is -0.391 e. The van der Waals surface area contributed by atoms with Gasteiger partial charge < -0.3 is 20.5 Å². The third kappa shape index (κ3) is 5.86. The van der Waals surface area contributed by atoms with Crippen LogP contribution in [0.2, 0.25) is 5.02 Å². The molecular formula is C12H17ClN2O3. The number of rotatable bonds is 6. The SMILES string of the molecule is COCC(O)CCNC(=O)Nc1ccc(Cl)cc1. The first-order chi connectivity index (χ1) is 8.61. The Morgan fingerprint density at radius 3 is 2.72 bits per heavy atom. The van der Waals surface area contributed by atoms with Gasteiger partial charge in [0.1, 0.15) is 0 Å². The average Bonchev–Trinajstić information content (AvgIpc) is 2.32. The Balaban J connectivity index is 2.23. The fourth-order valence-corrected chi connectivity index (χ4v) is 1.46. The summed E-state index contributed by atoms with van der Waals surface area (Å²) in [6.45, 7) is 0.643. The Morgan fingerprint density at radius 2 is 2.11 bits per heavy atom. The summed E-state index contributed by atoms with van der Waals surface area (Å²) in [5, 5.41) is 15.3. The highest BCUT2D eigenvalue weighted by atomic mass is 35.5. The molecule has 0 bridgehead atoms. The van der Waals surface area contributed by atoms with E-state index in [9.17, 15) is 9.90 Å². The van der Waals surface area contributed by atoms with Crippen LogP contribution < -0.4 is 10.6 Å². The van der Waals surface area contributed by atoms with Gasteiger partial charge in [0.25, 0.3) is 0 Å². The van der Waals surface area contributed by atoms with E-state index < -0.39 is 6.10 Å². The molecule has 100 valence electrons. The van der Waals surface area contributed by atoms with Crippen LogP contribution in [0.3, 0.4) is 0 Å². The van der Waals surface area contributed by atoms with Crippen LogP contribution in [0.25, 0.3) is 0 Å². The van der Waals surface area contributed by atoms with E-state index in [1.54, 1.807) is 24.3 Å². The first-order valence-corrected chi connectivity index (χ1v) is 5.97. The molecule has 0 radical (unpaired) electrons. The number of ether oxygens (including phenoxy) is 1. The molecule has 1 aromatic rings. The Morgan fingerprint density at radius 1 is 1.44 bits per heavy atom. The van der Waals surface area contributed by atoms with Crippen molar-refractivity contribution in [3.05, 3.63) is 29.3 Å². The van der Waals surface area contributed by atoms with Gasteiger partial charge in [-0.15, -0.1) is 0 Å². The summed E-state index contributed by atoms with van der Waals surface area (Å²) < 4.78 is 4.78. The lowest BCUT2D eigenvalue weighted by molar-refractivity contribution is 0.0599. The lowest BCUT2D eigenvalue weighted by Gasteiger charge is -2.11. The summed E-state index contributed by atoms with van der Waals surface area (Å²) in [6, 6.07) is 6.49. The summed E-state index contributed by atoms with van der Waals surface area (Å²) in [5.41, 5.74) is 0.661. The first-order valence-electron chi connectivity index (χ1n) is 5.59. The molecule has 0 fully saturated rings. The van der Waals surface area contributed by atoms with Gasteiger partial charge in [0.2, 0.25) is 0 Å². The number of aliphatic hydroxyl groups is 1. The third-order valence-corrected chi connectivity index (χ3v) is 2.48. The maximum absolute atomic E-state index is 11.5. The predicted octanol–water partition coefficient (Wildman–Crippen LogP) is 1.86. The molecule has 0 aromatic heterocycles. The normalized spacial score (nSPS) is 11.9. The van der Waals surface area contributed by atoms with Gasteiger partial charge in [0.15, 0.2) is 0 Å². The zero-order chi connectivity index (χ0) is 13.4. The zero-order valence-electron chi connectivity index (χ0n) is 10.1. The highest BCUT2D eigenvalue weighted by Crippen LogP contribution is 2.12. The summed E-state index contributed by atoms with van der Waals surface area (Å²) in [7, 11) is 1.52. The lowest BCUT2D eigenvalue weighted by Crippen LogP contribution is -2.32. The molecule has 5 nitrogen and oxygen atoms in total. The van der Waals surface area contributed by atoms with Crippen molar-refractivity contribution in [1.29, 1.82) is 0 Å². The molecule has 3 N–H and O–H groups in total. The summed E-state index contributed by atoms with van der Waals surface area (Å²) in [5.74, 6) is 0. The summed E-state index contributed by atoms with van der Waals surface area (Å²) in [6.07, 6.45) is -0.118. The van der Waals surface area contributed by atoms with E-state index in [0.717, 1.165) is 0 Å². The van der Waals surface area contributed by atoms with Crippen molar-refractivity contribution in [2.45, 2.75) is 12.5 Å². The van der Waals surface area contributed by atoms with Gasteiger partial charge in [0, 0.05) is 24.4 Å². The smallest absolute Gasteiger partial charge is 0.319 e. The number of carbonyl (C=O) groups excluding carboxylic acids is 1. The lowest BCUT2D eigenvalue weighted by atomic mass is 10.3. The number of benzene rings is 1. The second-order valence-electron chi connectivity index (χ2n) is 3.79. The van der Waals surface area contributed by atoms with Crippen molar-refractivity contribution in [3.63, 3.8) is 0 Å². The minimum atomic E-state index is -0.564. The molecule has 1 rings (SSSR count). The van der Waals surface area contributed by atoms with Gasteiger partial charge in [-0.1, -0.05) is 11.6 Å². The van der Waals surface area contributed by atoms with Crippen LogP contribution >= 0.6 is 11.6 Å². The highest BCUT2D eigenvalue weighted by molar-refractivity contribution is 6.30. The molecular weight excluding hydrogens is 256 g/mol. The molecule has 0 aliphatic rings. The molecule has 1 aromatic carbocycles. The molecule has 0 heterocycles. The molecule has 2 amide bonds. The molecule has 0 saturated carbocycles. The number of halogens is 1. The second kappa shape index (κ2) is 7.92. The topological polar surface area (TPSA) is 70.6 Å². The van der Waals surface area contributed by atoms with Crippen molar-refractivity contribution < 1.29 is 14.6 Å². The van der Waals surface area contributed by atoms with Gasteiger partial charge in [-0.25, -0.2) is 4.79 Å². The number of hydrogen-bond acceptors (Lipinski definition) is 3. The number of carbonyl (C=O) groups is 1. The van der Waals surface area contributed by atoms with Gasteiger partial charge in [0.05, 0.1) is 12.7 Å². The largest absolute Gasteiger partial charge is 0.391 e. The van der Waals surface area contributed by atoms with Crippen molar-refractivity contribution in [2.24, 2.45) is 0 Å². The van der Waals surface area contributed by atoms with Crippen LogP contribution in [0.5, 0.6) is 0 Å². The van der Waals surface area contributed by atoms with E-state index in [4.69, 9.17) is 16.3 Å². The minimum absolute atomic E-state index is 0.264. The molecule has 0 aliphatic carbocycles. The number of nitrogens with one attached hydrogen (secondary N) is 2. The molecule has 0 spiro atoms. The van der Waals surface area contributed by atoms with Crippen LogP contribution in [0.15, 0.2) is 24.3 Å². The van der Waals surface area contributed by atoms with E-state index in [1.165, 1.54) is 7.11 Å². The Hall–Kier alpha value is -1.30. The average molecular weight is 273 g/mol. The quantitative estimate of drug-likeness (QED) is 0.740. The Kier molecular flexibility index (Phi) is 6.49. The molecule has 0 aliphatic heterocycles. The van der Waals surface area contributed by atoms with E-state index in [1.807, 2.05) is 0 Å². The van der Waals surface area contributed by atoms with Gasteiger partial charge in [-0.05, 0) is 30.7 Å². The van der Waals surface area contributed by atoms with Crippen molar-refractivity contribution in [2.75, 3.05) is 25.6 Å². The number of urea groups is 1. The fourth-order valence-electron chi connectivity index (χ4n) is 1.34. The summed E-state index contributed by atoms with van der Waals surface area (Å²) >= 11 is 5.73. The standard InChI is InChI=1S/C12H17ClN2O3/c1-18-8-11(16)6-7-14-12(17)15-10-4-2-9(13)3-5-10/h2-5,11,16H,6-8H2,1H3,(H2,14,15,17). The third-order valence-electron chi connectivity index (χ3n) is 2.22. The van der Waals surface area contributed by atoms with Crippen LogP contribution in [-0.4, -0.2) is 37.5 Å². The maximum Gasteiger partial charge on any atom is 0.319 e. The van der Waals surface area contributed by atoms with E-state index in [-0.39, 0.29) is 12.6 Å². The first kappa shape index (κ1) is 14.8. The number of hydrogen-bond donors (Lipinski definition) is 3. The second-order valence-corrected chi connectivity index (χ2v) is 4.22. The Bertz CT molecular complexity index is 370. The maximum atomic E-state index is 11.5. The Labute approximate surface area is 111 Å². The predicted molar refractivity (Wildman–Crippen MR) is 71.0 cm³/mol. The fraction of sp³-hybridized carbons (Fsp3) is 0.417. The number of amides is 2. The zero-order valence-corrected chi connectivity index (χ0v) is 10.9. The van der Waals surface area contributed by atoms with E-state index in [2.05, 4.69) is 10.6 Å². The number of methoxy groups -OCH3 is 1. The highest BCUT2D eigenvalue weighted by Gasteiger charge is 2.05. The van der Waals surface area contributed by atoms with Crippen LogP contribution in [0.4, 0.5) is 10.5 Å². The molecule has 0 saturated heterocycles. The molecule has 1 unspecified atom stereocenters. The van der Waals surface area contributed by atoms with Crippen molar-refractivity contribution in [3.8, 4) is 0 Å². The van der Waals surface area contributed by atoms with Gasteiger partial charge in [-0.2, -0.15) is 0 Å². The molecule has 6 heteroatoms. The van der Waals surface area contributed by atoms with Crippen LogP contribution in [-0.2, 0) is 4.74 Å². The van der Waals surface area contributed by atoms with Crippen molar-refractivity contribution >= 4 is 23.3 Å². The van der Waals surface area contributed by atoms with E-state index in [0.29, 0.717) is 23.7 Å². The van der Waals surface area contributed by atoms with Crippen LogP contribution in [0, 0.1) is 0 Å².